The molecule has 0 spiro atoms. The predicted octanol–water partition coefficient (Wildman–Crippen LogP) is 2.54. The summed E-state index contributed by atoms with van der Waals surface area (Å²) in [6, 6.07) is 16.5. The monoisotopic (exact) mass is 398 g/mol. The first kappa shape index (κ1) is 22.4. The van der Waals surface area contributed by atoms with Crippen molar-refractivity contribution >= 4 is 11.8 Å². The number of methoxy groups -OCH3 is 1. The molecule has 0 fully saturated rings. The average Bonchev–Trinajstić information content (AvgIpc) is 2.75. The van der Waals surface area contributed by atoms with Crippen LogP contribution in [-0.2, 0) is 22.6 Å². The third-order valence-corrected chi connectivity index (χ3v) is 4.66. The maximum atomic E-state index is 13.0. The summed E-state index contributed by atoms with van der Waals surface area (Å²) in [5.74, 6) is 0.408. The van der Waals surface area contributed by atoms with Gasteiger partial charge in [-0.3, -0.25) is 9.59 Å². The lowest BCUT2D eigenvalue weighted by molar-refractivity contribution is -0.141. The lowest BCUT2D eigenvalue weighted by Crippen LogP contribution is -2.50. The van der Waals surface area contributed by atoms with Crippen LogP contribution in [0, 0.1) is 0 Å². The van der Waals surface area contributed by atoms with Gasteiger partial charge in [-0.05, 0) is 29.7 Å². The van der Waals surface area contributed by atoms with Gasteiger partial charge in [-0.25, -0.2) is 0 Å². The third kappa shape index (κ3) is 6.91. The Hall–Kier alpha value is -2.86. The van der Waals surface area contributed by atoms with Gasteiger partial charge >= 0.3 is 0 Å². The highest BCUT2D eigenvalue weighted by atomic mass is 16.5. The second-order valence-electron chi connectivity index (χ2n) is 6.84. The van der Waals surface area contributed by atoms with E-state index in [1.165, 1.54) is 0 Å². The van der Waals surface area contributed by atoms with E-state index in [4.69, 9.17) is 9.84 Å². The number of carbonyl (C=O) groups is 2. The van der Waals surface area contributed by atoms with Gasteiger partial charge in [0.15, 0.2) is 0 Å². The van der Waals surface area contributed by atoms with Gasteiger partial charge in [0.05, 0.1) is 13.7 Å². The molecule has 0 radical (unpaired) electrons. The maximum Gasteiger partial charge on any atom is 0.243 e. The molecule has 0 aliphatic heterocycles. The Morgan fingerprint density at radius 1 is 1.07 bits per heavy atom. The highest BCUT2D eigenvalue weighted by molar-refractivity contribution is 5.88. The average molecular weight is 399 g/mol. The van der Waals surface area contributed by atoms with Crippen LogP contribution in [0.5, 0.6) is 5.75 Å². The molecule has 0 aliphatic carbocycles. The number of amides is 2. The molecule has 2 amide bonds. The van der Waals surface area contributed by atoms with Gasteiger partial charge in [-0.15, -0.1) is 0 Å². The molecule has 0 heterocycles. The van der Waals surface area contributed by atoms with Crippen molar-refractivity contribution < 1.29 is 19.4 Å². The summed E-state index contributed by atoms with van der Waals surface area (Å²) in [4.78, 5) is 27.5. The van der Waals surface area contributed by atoms with E-state index in [-0.39, 0.29) is 25.0 Å². The Morgan fingerprint density at radius 2 is 1.76 bits per heavy atom. The Morgan fingerprint density at radius 3 is 2.34 bits per heavy atom. The highest BCUT2D eigenvalue weighted by Crippen LogP contribution is 2.18. The molecule has 0 aliphatic rings. The quantitative estimate of drug-likeness (QED) is 0.610. The molecule has 2 aromatic carbocycles. The van der Waals surface area contributed by atoms with Gasteiger partial charge in [-0.1, -0.05) is 49.4 Å². The Labute approximate surface area is 172 Å². The van der Waals surface area contributed by atoms with Crippen LogP contribution in [0.4, 0.5) is 0 Å². The van der Waals surface area contributed by atoms with Crippen molar-refractivity contribution in [3.05, 3.63) is 65.7 Å². The lowest BCUT2D eigenvalue weighted by atomic mass is 10.0. The number of aliphatic hydroxyl groups excluding tert-OH is 1. The summed E-state index contributed by atoms with van der Waals surface area (Å²) in [5, 5.41) is 11.8. The minimum absolute atomic E-state index is 0.0663. The van der Waals surface area contributed by atoms with Crippen molar-refractivity contribution in [2.75, 3.05) is 20.3 Å². The fourth-order valence-electron chi connectivity index (χ4n) is 3.14. The zero-order valence-corrected chi connectivity index (χ0v) is 17.1. The van der Waals surface area contributed by atoms with Gasteiger partial charge in [0.1, 0.15) is 11.8 Å². The standard InChI is InChI=1S/C23H30N2O4/c1-3-7-22(27)25(17-19-10-12-20(29-2)13-11-19)21(23(28)24-14-15-26)16-18-8-5-4-6-9-18/h4-6,8-13,21,26H,3,7,14-17H2,1-2H3,(H,24,28)/t21-/m1/s1. The largest absolute Gasteiger partial charge is 0.497 e. The fourth-order valence-corrected chi connectivity index (χ4v) is 3.14. The highest BCUT2D eigenvalue weighted by Gasteiger charge is 2.29. The van der Waals surface area contributed by atoms with Crippen molar-refractivity contribution in [2.45, 2.75) is 38.8 Å². The van der Waals surface area contributed by atoms with Gasteiger partial charge in [0, 0.05) is 25.9 Å². The zero-order valence-electron chi connectivity index (χ0n) is 17.1. The van der Waals surface area contributed by atoms with Crippen LogP contribution in [0.15, 0.2) is 54.6 Å². The van der Waals surface area contributed by atoms with E-state index in [0.717, 1.165) is 16.9 Å². The second kappa shape index (κ2) is 11.9. The first-order valence-electron chi connectivity index (χ1n) is 9.94. The number of hydrogen-bond acceptors (Lipinski definition) is 4. The minimum atomic E-state index is -0.662. The zero-order chi connectivity index (χ0) is 21.1. The molecular weight excluding hydrogens is 368 g/mol. The molecule has 2 aromatic rings. The van der Waals surface area contributed by atoms with Crippen molar-refractivity contribution in [3.8, 4) is 5.75 Å². The smallest absolute Gasteiger partial charge is 0.243 e. The number of nitrogens with zero attached hydrogens (tertiary/aromatic N) is 1. The summed E-state index contributed by atoms with van der Waals surface area (Å²) in [5.41, 5.74) is 1.89. The fraction of sp³-hybridized carbons (Fsp3) is 0.391. The van der Waals surface area contributed by atoms with E-state index in [9.17, 15) is 9.59 Å². The molecule has 0 bridgehead atoms. The third-order valence-electron chi connectivity index (χ3n) is 4.66. The molecule has 29 heavy (non-hydrogen) atoms. The molecule has 1 atom stereocenters. The number of benzene rings is 2. The summed E-state index contributed by atoms with van der Waals surface area (Å²) in [6.45, 7) is 2.28. The minimum Gasteiger partial charge on any atom is -0.497 e. The molecule has 2 rings (SSSR count). The van der Waals surface area contributed by atoms with Crippen LogP contribution >= 0.6 is 0 Å². The van der Waals surface area contributed by atoms with Crippen molar-refractivity contribution in [1.82, 2.24) is 10.2 Å². The Kier molecular flexibility index (Phi) is 9.18. The van der Waals surface area contributed by atoms with E-state index in [1.54, 1.807) is 12.0 Å². The summed E-state index contributed by atoms with van der Waals surface area (Å²) >= 11 is 0. The van der Waals surface area contributed by atoms with E-state index in [2.05, 4.69) is 5.32 Å². The molecule has 6 heteroatoms. The van der Waals surface area contributed by atoms with Crippen LogP contribution in [0.25, 0.3) is 0 Å². The summed E-state index contributed by atoms with van der Waals surface area (Å²) in [7, 11) is 1.60. The SMILES string of the molecule is CCCC(=O)N(Cc1ccc(OC)cc1)[C@H](Cc1ccccc1)C(=O)NCCO. The number of nitrogens with one attached hydrogen (secondary N) is 1. The molecule has 6 nitrogen and oxygen atoms in total. The van der Waals surface area contributed by atoms with Crippen molar-refractivity contribution in [2.24, 2.45) is 0 Å². The number of aliphatic hydroxyl groups is 1. The number of rotatable bonds is 11. The molecular formula is C23H30N2O4. The molecule has 156 valence electrons. The molecule has 0 aromatic heterocycles. The lowest BCUT2D eigenvalue weighted by Gasteiger charge is -2.31. The van der Waals surface area contributed by atoms with Crippen LogP contribution in [0.1, 0.15) is 30.9 Å². The van der Waals surface area contributed by atoms with E-state index >= 15 is 0 Å². The number of ether oxygens (including phenoxy) is 1. The van der Waals surface area contributed by atoms with Gasteiger partial charge in [0.2, 0.25) is 11.8 Å². The van der Waals surface area contributed by atoms with Gasteiger partial charge in [-0.2, -0.15) is 0 Å². The van der Waals surface area contributed by atoms with Crippen molar-refractivity contribution in [3.63, 3.8) is 0 Å². The topological polar surface area (TPSA) is 78.9 Å². The van der Waals surface area contributed by atoms with Crippen molar-refractivity contribution in [1.29, 1.82) is 0 Å². The van der Waals surface area contributed by atoms with Crippen LogP contribution in [0.3, 0.4) is 0 Å². The molecule has 2 N–H and O–H groups in total. The predicted molar refractivity (Wildman–Crippen MR) is 112 cm³/mol. The van der Waals surface area contributed by atoms with Crippen LogP contribution < -0.4 is 10.1 Å². The van der Waals surface area contributed by atoms with E-state index in [0.29, 0.717) is 25.8 Å². The Bertz CT molecular complexity index is 762. The number of hydrogen-bond donors (Lipinski definition) is 2. The second-order valence-corrected chi connectivity index (χ2v) is 6.84. The first-order chi connectivity index (χ1) is 14.1. The normalized spacial score (nSPS) is 11.6. The van der Waals surface area contributed by atoms with E-state index < -0.39 is 6.04 Å². The Balaban J connectivity index is 2.32. The molecule has 0 saturated heterocycles. The van der Waals surface area contributed by atoms with Crippen LogP contribution in [-0.4, -0.2) is 48.1 Å². The summed E-state index contributed by atoms with van der Waals surface area (Å²) < 4.78 is 5.20. The number of carbonyl (C=O) groups excluding carboxylic acids is 2. The molecule has 0 unspecified atom stereocenters. The maximum absolute atomic E-state index is 13.0. The van der Waals surface area contributed by atoms with E-state index in [1.807, 2.05) is 61.5 Å². The van der Waals surface area contributed by atoms with Gasteiger partial charge in [0.25, 0.3) is 0 Å². The molecule has 0 saturated carbocycles. The van der Waals surface area contributed by atoms with Crippen LogP contribution in [0.2, 0.25) is 0 Å². The van der Waals surface area contributed by atoms with Gasteiger partial charge < -0.3 is 20.1 Å². The summed E-state index contributed by atoms with van der Waals surface area (Å²) in [6.07, 6.45) is 1.48. The first-order valence-corrected chi connectivity index (χ1v) is 9.94.